The predicted molar refractivity (Wildman–Crippen MR) is 106 cm³/mol. The van der Waals surface area contributed by atoms with E-state index in [1.165, 1.54) is 35.5 Å². The molecular weight excluding hydrogens is 375 g/mol. The minimum atomic E-state index is -0.632. The second-order valence-corrected chi connectivity index (χ2v) is 6.39. The topological polar surface area (TPSA) is 87.8 Å². The largest absolute Gasteiger partial charge is 0.359 e. The number of anilines is 1. The SMILES string of the molecule is O=C1c2ccccc2NC(c2ccc(F)cc2)N1/N=C/c1ccc([N+](=O)[O-])cc1. The van der Waals surface area contributed by atoms with Crippen molar-refractivity contribution in [3.63, 3.8) is 0 Å². The molecule has 1 aliphatic heterocycles. The van der Waals surface area contributed by atoms with Crippen LogP contribution in [0.5, 0.6) is 0 Å². The Morgan fingerprint density at radius 1 is 1.03 bits per heavy atom. The first kappa shape index (κ1) is 18.3. The van der Waals surface area contributed by atoms with Crippen molar-refractivity contribution in [2.45, 2.75) is 6.17 Å². The zero-order valence-corrected chi connectivity index (χ0v) is 15.0. The van der Waals surface area contributed by atoms with Gasteiger partial charge in [-0.25, -0.2) is 9.40 Å². The van der Waals surface area contributed by atoms with Crippen molar-refractivity contribution < 1.29 is 14.1 Å². The van der Waals surface area contributed by atoms with Crippen molar-refractivity contribution in [1.29, 1.82) is 0 Å². The maximum Gasteiger partial charge on any atom is 0.278 e. The summed E-state index contributed by atoms with van der Waals surface area (Å²) in [4.78, 5) is 23.3. The van der Waals surface area contributed by atoms with Gasteiger partial charge in [0.2, 0.25) is 0 Å². The van der Waals surface area contributed by atoms with E-state index in [2.05, 4.69) is 10.4 Å². The number of hydrogen-bond donors (Lipinski definition) is 1. The highest BCUT2D eigenvalue weighted by molar-refractivity contribution is 6.02. The first-order chi connectivity index (χ1) is 14.0. The van der Waals surface area contributed by atoms with Gasteiger partial charge in [0.25, 0.3) is 11.6 Å². The third-order valence-corrected chi connectivity index (χ3v) is 4.52. The van der Waals surface area contributed by atoms with Crippen LogP contribution >= 0.6 is 0 Å². The van der Waals surface area contributed by atoms with Gasteiger partial charge >= 0.3 is 0 Å². The van der Waals surface area contributed by atoms with Gasteiger partial charge in [-0.2, -0.15) is 5.10 Å². The van der Waals surface area contributed by atoms with Crippen molar-refractivity contribution in [3.05, 3.63) is 105 Å². The predicted octanol–water partition coefficient (Wildman–Crippen LogP) is 4.33. The Labute approximate surface area is 165 Å². The van der Waals surface area contributed by atoms with Gasteiger partial charge in [0.15, 0.2) is 6.17 Å². The fourth-order valence-electron chi connectivity index (χ4n) is 3.04. The Morgan fingerprint density at radius 2 is 1.72 bits per heavy atom. The molecule has 1 heterocycles. The second-order valence-electron chi connectivity index (χ2n) is 6.39. The summed E-state index contributed by atoms with van der Waals surface area (Å²) in [7, 11) is 0. The molecule has 0 saturated heterocycles. The van der Waals surface area contributed by atoms with Crippen molar-refractivity contribution in [2.24, 2.45) is 5.10 Å². The Morgan fingerprint density at radius 3 is 2.41 bits per heavy atom. The lowest BCUT2D eigenvalue weighted by molar-refractivity contribution is -0.384. The number of rotatable bonds is 4. The maximum atomic E-state index is 13.3. The van der Waals surface area contributed by atoms with Crippen LogP contribution in [0.2, 0.25) is 0 Å². The molecule has 0 bridgehead atoms. The quantitative estimate of drug-likeness (QED) is 0.408. The highest BCUT2D eigenvalue weighted by atomic mass is 19.1. The number of hydrogen-bond acceptors (Lipinski definition) is 5. The number of nitrogens with one attached hydrogen (secondary N) is 1. The van der Waals surface area contributed by atoms with E-state index in [0.29, 0.717) is 22.4 Å². The monoisotopic (exact) mass is 390 g/mol. The molecular formula is C21H15FN4O3. The van der Waals surface area contributed by atoms with Gasteiger partial charge in [-0.15, -0.1) is 0 Å². The summed E-state index contributed by atoms with van der Waals surface area (Å²) in [6.45, 7) is 0. The summed E-state index contributed by atoms with van der Waals surface area (Å²) in [6.07, 6.45) is 0.820. The minimum Gasteiger partial charge on any atom is -0.359 e. The minimum absolute atomic E-state index is 0.0315. The number of hydrazone groups is 1. The summed E-state index contributed by atoms with van der Waals surface area (Å²) in [6, 6.07) is 18.7. The molecule has 144 valence electrons. The molecule has 3 aromatic carbocycles. The molecule has 1 aliphatic rings. The van der Waals surface area contributed by atoms with Crippen LogP contribution in [0.4, 0.5) is 15.8 Å². The van der Waals surface area contributed by atoms with E-state index < -0.39 is 11.1 Å². The van der Waals surface area contributed by atoms with E-state index in [0.717, 1.165) is 0 Å². The van der Waals surface area contributed by atoms with Gasteiger partial charge in [-0.1, -0.05) is 24.3 Å². The lowest BCUT2D eigenvalue weighted by Crippen LogP contribution is -2.39. The van der Waals surface area contributed by atoms with Gasteiger partial charge < -0.3 is 5.32 Å². The van der Waals surface area contributed by atoms with Crippen molar-refractivity contribution in [1.82, 2.24) is 5.01 Å². The van der Waals surface area contributed by atoms with E-state index >= 15 is 0 Å². The summed E-state index contributed by atoms with van der Waals surface area (Å²) >= 11 is 0. The second kappa shape index (κ2) is 7.51. The molecule has 3 aromatic rings. The Bertz CT molecular complexity index is 1100. The molecule has 0 saturated carbocycles. The molecule has 0 aromatic heterocycles. The van der Waals surface area contributed by atoms with Crippen molar-refractivity contribution >= 4 is 23.5 Å². The Balaban J connectivity index is 1.69. The summed E-state index contributed by atoms with van der Waals surface area (Å²) in [5.74, 6) is -0.691. The van der Waals surface area contributed by atoms with Crippen LogP contribution in [0.25, 0.3) is 0 Å². The molecule has 0 fully saturated rings. The number of carbonyl (C=O) groups is 1. The van der Waals surface area contributed by atoms with Gasteiger partial charge in [0, 0.05) is 17.8 Å². The lowest BCUT2D eigenvalue weighted by atomic mass is 10.1. The number of benzene rings is 3. The first-order valence-corrected chi connectivity index (χ1v) is 8.76. The first-order valence-electron chi connectivity index (χ1n) is 8.76. The van der Waals surface area contributed by atoms with Crippen molar-refractivity contribution in [3.8, 4) is 0 Å². The maximum absolute atomic E-state index is 13.3. The normalized spacial score (nSPS) is 15.8. The molecule has 1 amide bonds. The van der Waals surface area contributed by atoms with Crippen LogP contribution in [-0.2, 0) is 0 Å². The number of non-ortho nitro benzene ring substituents is 1. The van der Waals surface area contributed by atoms with E-state index in [4.69, 9.17) is 0 Å². The molecule has 8 heteroatoms. The number of amides is 1. The Hall–Kier alpha value is -4.07. The van der Waals surface area contributed by atoms with Crippen LogP contribution in [-0.4, -0.2) is 22.1 Å². The molecule has 1 atom stereocenters. The van der Waals surface area contributed by atoms with Gasteiger partial charge in [-0.05, 0) is 47.5 Å². The average Bonchev–Trinajstić information content (AvgIpc) is 2.74. The summed E-state index contributed by atoms with van der Waals surface area (Å²) < 4.78 is 13.3. The van der Waals surface area contributed by atoms with E-state index in [-0.39, 0.29) is 17.4 Å². The fraction of sp³-hybridized carbons (Fsp3) is 0.0476. The molecule has 29 heavy (non-hydrogen) atoms. The van der Waals surface area contributed by atoms with Crippen LogP contribution in [0.3, 0.4) is 0 Å². The van der Waals surface area contributed by atoms with Crippen LogP contribution in [0.15, 0.2) is 77.9 Å². The Kier molecular flexibility index (Phi) is 4.74. The molecule has 1 N–H and O–H groups in total. The highest BCUT2D eigenvalue weighted by Gasteiger charge is 2.32. The number of nitro benzene ring substituents is 1. The van der Waals surface area contributed by atoms with Gasteiger partial charge in [-0.3, -0.25) is 14.9 Å². The van der Waals surface area contributed by atoms with E-state index in [1.807, 2.05) is 6.07 Å². The average molecular weight is 390 g/mol. The molecule has 0 spiro atoms. The van der Waals surface area contributed by atoms with Gasteiger partial charge in [0.05, 0.1) is 16.7 Å². The fourth-order valence-corrected chi connectivity index (χ4v) is 3.04. The smallest absolute Gasteiger partial charge is 0.278 e. The van der Waals surface area contributed by atoms with Gasteiger partial charge in [0.1, 0.15) is 5.82 Å². The zero-order valence-electron chi connectivity index (χ0n) is 15.0. The number of halogens is 1. The number of nitro groups is 1. The molecule has 7 nitrogen and oxygen atoms in total. The summed E-state index contributed by atoms with van der Waals surface area (Å²) in [5.41, 5.74) is 2.35. The molecule has 4 rings (SSSR count). The molecule has 0 radical (unpaired) electrons. The highest BCUT2D eigenvalue weighted by Crippen LogP contribution is 2.33. The van der Waals surface area contributed by atoms with Crippen LogP contribution in [0.1, 0.15) is 27.7 Å². The number of carbonyl (C=O) groups excluding carboxylic acids is 1. The summed E-state index contributed by atoms with van der Waals surface area (Å²) in [5, 5.41) is 19.6. The molecule has 0 aliphatic carbocycles. The zero-order chi connectivity index (χ0) is 20.4. The van der Waals surface area contributed by atoms with E-state index in [1.54, 1.807) is 42.5 Å². The lowest BCUT2D eigenvalue weighted by Gasteiger charge is -2.34. The van der Waals surface area contributed by atoms with Crippen LogP contribution in [0, 0.1) is 15.9 Å². The van der Waals surface area contributed by atoms with Crippen molar-refractivity contribution in [2.75, 3.05) is 5.32 Å². The third-order valence-electron chi connectivity index (χ3n) is 4.52. The molecule has 1 unspecified atom stereocenters. The van der Waals surface area contributed by atoms with E-state index in [9.17, 15) is 19.3 Å². The number of fused-ring (bicyclic) bond motifs is 1. The number of nitrogens with zero attached hydrogens (tertiary/aromatic N) is 3. The van der Waals surface area contributed by atoms with Crippen LogP contribution < -0.4 is 5.32 Å². The third kappa shape index (κ3) is 3.68. The standard InChI is InChI=1S/C21H15FN4O3/c22-16-9-7-15(8-10-16)20-24-19-4-2-1-3-18(19)21(27)25(20)23-13-14-5-11-17(12-6-14)26(28)29/h1-13,20,24H/b23-13+. The number of para-hydroxylation sites is 1.